The molecule has 0 unspecified atom stereocenters. The van der Waals surface area contributed by atoms with Gasteiger partial charge < -0.3 is 14.6 Å². The first-order valence-corrected chi connectivity index (χ1v) is 4.27. The third kappa shape index (κ3) is 1.55. The van der Waals surface area contributed by atoms with Gasteiger partial charge in [0.15, 0.2) is 0 Å². The average molecular weight is 158 g/mol. The third-order valence-corrected chi connectivity index (χ3v) is 2.39. The first kappa shape index (κ1) is 7.53. The molecule has 0 radical (unpaired) electrons. The van der Waals surface area contributed by atoms with Gasteiger partial charge in [-0.2, -0.15) is 0 Å². The van der Waals surface area contributed by atoms with E-state index in [1.165, 1.54) is 0 Å². The summed E-state index contributed by atoms with van der Waals surface area (Å²) < 4.78 is 10.9. The van der Waals surface area contributed by atoms with Gasteiger partial charge in [-0.15, -0.1) is 0 Å². The van der Waals surface area contributed by atoms with E-state index in [-0.39, 0.29) is 18.3 Å². The van der Waals surface area contributed by atoms with Crippen LogP contribution in [0.25, 0.3) is 0 Å². The Bertz CT molecular complexity index is 137. The molecule has 3 heteroatoms. The predicted octanol–water partition coefficient (Wildman–Crippen LogP) is 0.315. The van der Waals surface area contributed by atoms with Crippen LogP contribution in [0, 0.1) is 0 Å². The Morgan fingerprint density at radius 2 is 2.09 bits per heavy atom. The number of fused-ring (bicyclic) bond motifs is 1. The fraction of sp³-hybridized carbons (Fsp3) is 1.00. The maximum absolute atomic E-state index is 9.24. The minimum absolute atomic E-state index is 0.160. The lowest BCUT2D eigenvalue weighted by atomic mass is 9.98. The van der Waals surface area contributed by atoms with Crippen LogP contribution in [0.4, 0.5) is 0 Å². The summed E-state index contributed by atoms with van der Waals surface area (Å²) in [6.07, 6.45) is 3.05. The van der Waals surface area contributed by atoms with E-state index in [2.05, 4.69) is 0 Å². The second-order valence-electron chi connectivity index (χ2n) is 3.31. The Morgan fingerprint density at radius 3 is 3.00 bits per heavy atom. The highest BCUT2D eigenvalue weighted by Crippen LogP contribution is 2.25. The first-order valence-electron chi connectivity index (χ1n) is 4.27. The van der Waals surface area contributed by atoms with Crippen molar-refractivity contribution >= 4 is 0 Å². The van der Waals surface area contributed by atoms with Crippen molar-refractivity contribution in [2.75, 3.05) is 13.2 Å². The van der Waals surface area contributed by atoms with E-state index in [0.29, 0.717) is 6.61 Å². The fourth-order valence-corrected chi connectivity index (χ4v) is 1.79. The van der Waals surface area contributed by atoms with Gasteiger partial charge in [0.1, 0.15) is 0 Å². The third-order valence-electron chi connectivity index (χ3n) is 2.39. The van der Waals surface area contributed by atoms with E-state index in [0.717, 1.165) is 25.9 Å². The van der Waals surface area contributed by atoms with Gasteiger partial charge in [0, 0.05) is 13.0 Å². The van der Waals surface area contributed by atoms with Gasteiger partial charge in [0.2, 0.25) is 0 Å². The van der Waals surface area contributed by atoms with Crippen LogP contribution in [0.15, 0.2) is 0 Å². The molecule has 2 aliphatic rings. The normalized spacial score (nSPS) is 45.0. The zero-order valence-corrected chi connectivity index (χ0v) is 6.53. The van der Waals surface area contributed by atoms with Crippen LogP contribution in [0.1, 0.15) is 19.3 Å². The van der Waals surface area contributed by atoms with Gasteiger partial charge in [0.05, 0.1) is 24.9 Å². The summed E-state index contributed by atoms with van der Waals surface area (Å²) in [6, 6.07) is 0. The van der Waals surface area contributed by atoms with Gasteiger partial charge >= 0.3 is 0 Å². The molecule has 0 spiro atoms. The standard InChI is InChI=1S/C8H14O3/c9-6-4-8-7(11-5-6)2-1-3-10-8/h6-9H,1-5H2/t6-,7-,8+/m1/s1. The molecule has 0 saturated carbocycles. The van der Waals surface area contributed by atoms with Gasteiger partial charge in [-0.1, -0.05) is 0 Å². The average Bonchev–Trinajstić information content (AvgIpc) is 2.04. The SMILES string of the molecule is O[C@H]1CO[C@@H]2CCCO[C@H]2C1. The summed E-state index contributed by atoms with van der Waals surface area (Å²) in [7, 11) is 0. The quantitative estimate of drug-likeness (QED) is 0.551. The summed E-state index contributed by atoms with van der Waals surface area (Å²) >= 11 is 0. The van der Waals surface area contributed by atoms with Crippen molar-refractivity contribution in [2.45, 2.75) is 37.6 Å². The summed E-state index contributed by atoms with van der Waals surface area (Å²) in [5.41, 5.74) is 0. The van der Waals surface area contributed by atoms with Crippen molar-refractivity contribution in [3.05, 3.63) is 0 Å². The highest BCUT2D eigenvalue weighted by atomic mass is 16.6. The zero-order chi connectivity index (χ0) is 7.68. The lowest BCUT2D eigenvalue weighted by Gasteiger charge is -2.37. The maximum Gasteiger partial charge on any atom is 0.0862 e. The molecule has 11 heavy (non-hydrogen) atoms. The Kier molecular flexibility index (Phi) is 2.11. The smallest absolute Gasteiger partial charge is 0.0862 e. The molecule has 3 atom stereocenters. The van der Waals surface area contributed by atoms with Gasteiger partial charge in [0.25, 0.3) is 0 Å². The summed E-state index contributed by atoms with van der Waals surface area (Å²) in [6.45, 7) is 1.32. The van der Waals surface area contributed by atoms with Crippen LogP contribution in [0.5, 0.6) is 0 Å². The zero-order valence-electron chi connectivity index (χ0n) is 6.53. The largest absolute Gasteiger partial charge is 0.391 e. The van der Waals surface area contributed by atoms with E-state index in [1.54, 1.807) is 0 Å². The minimum Gasteiger partial charge on any atom is -0.391 e. The number of aliphatic hydroxyl groups excluding tert-OH is 1. The van der Waals surface area contributed by atoms with Crippen LogP contribution < -0.4 is 0 Å². The molecule has 0 amide bonds. The number of aliphatic hydroxyl groups is 1. The van der Waals surface area contributed by atoms with Crippen molar-refractivity contribution in [3.8, 4) is 0 Å². The molecule has 0 aromatic rings. The van der Waals surface area contributed by atoms with Crippen molar-refractivity contribution in [1.29, 1.82) is 0 Å². The molecule has 1 N–H and O–H groups in total. The van der Waals surface area contributed by atoms with Crippen LogP contribution in [0.2, 0.25) is 0 Å². The van der Waals surface area contributed by atoms with Gasteiger partial charge in [-0.05, 0) is 12.8 Å². The molecule has 0 bridgehead atoms. The topological polar surface area (TPSA) is 38.7 Å². The highest BCUT2D eigenvalue weighted by Gasteiger charge is 2.33. The van der Waals surface area contributed by atoms with Crippen molar-refractivity contribution < 1.29 is 14.6 Å². The Morgan fingerprint density at radius 1 is 1.18 bits per heavy atom. The van der Waals surface area contributed by atoms with Gasteiger partial charge in [-0.3, -0.25) is 0 Å². The molecule has 2 saturated heterocycles. The second-order valence-corrected chi connectivity index (χ2v) is 3.31. The lowest BCUT2D eigenvalue weighted by molar-refractivity contribution is -0.166. The molecule has 3 nitrogen and oxygen atoms in total. The molecule has 0 aromatic heterocycles. The minimum atomic E-state index is -0.311. The number of rotatable bonds is 0. The molecule has 0 aromatic carbocycles. The molecule has 64 valence electrons. The van der Waals surface area contributed by atoms with E-state index >= 15 is 0 Å². The van der Waals surface area contributed by atoms with Crippen LogP contribution in [-0.4, -0.2) is 36.6 Å². The molecular formula is C8H14O3. The molecule has 2 fully saturated rings. The van der Waals surface area contributed by atoms with Crippen molar-refractivity contribution in [2.24, 2.45) is 0 Å². The Balaban J connectivity index is 1.93. The van der Waals surface area contributed by atoms with Crippen LogP contribution in [-0.2, 0) is 9.47 Å². The number of hydrogen-bond donors (Lipinski definition) is 1. The van der Waals surface area contributed by atoms with E-state index in [1.807, 2.05) is 0 Å². The monoisotopic (exact) mass is 158 g/mol. The molecular weight excluding hydrogens is 144 g/mol. The Hall–Kier alpha value is -0.120. The molecule has 2 heterocycles. The van der Waals surface area contributed by atoms with Gasteiger partial charge in [-0.25, -0.2) is 0 Å². The number of hydrogen-bond acceptors (Lipinski definition) is 3. The maximum atomic E-state index is 9.24. The molecule has 0 aliphatic carbocycles. The fourth-order valence-electron chi connectivity index (χ4n) is 1.79. The molecule has 2 rings (SSSR count). The number of ether oxygens (including phenoxy) is 2. The van der Waals surface area contributed by atoms with E-state index in [4.69, 9.17) is 9.47 Å². The van der Waals surface area contributed by atoms with E-state index in [9.17, 15) is 5.11 Å². The van der Waals surface area contributed by atoms with Crippen LogP contribution in [0.3, 0.4) is 0 Å². The highest BCUT2D eigenvalue weighted by molar-refractivity contribution is 4.81. The Labute approximate surface area is 66.3 Å². The van der Waals surface area contributed by atoms with Crippen LogP contribution >= 0.6 is 0 Å². The lowest BCUT2D eigenvalue weighted by Crippen LogP contribution is -2.45. The molecule has 2 aliphatic heterocycles. The summed E-state index contributed by atoms with van der Waals surface area (Å²) in [5.74, 6) is 0. The van der Waals surface area contributed by atoms with Crippen molar-refractivity contribution in [3.63, 3.8) is 0 Å². The van der Waals surface area contributed by atoms with E-state index < -0.39 is 0 Å². The predicted molar refractivity (Wildman–Crippen MR) is 39.3 cm³/mol. The summed E-state index contributed by atoms with van der Waals surface area (Å²) in [5, 5.41) is 9.24. The summed E-state index contributed by atoms with van der Waals surface area (Å²) in [4.78, 5) is 0. The first-order chi connectivity index (χ1) is 5.36. The second kappa shape index (κ2) is 3.09. The van der Waals surface area contributed by atoms with Crippen molar-refractivity contribution in [1.82, 2.24) is 0 Å².